The summed E-state index contributed by atoms with van der Waals surface area (Å²) < 4.78 is 17.7. The van der Waals surface area contributed by atoms with Crippen molar-refractivity contribution >= 4 is 22.7 Å². The predicted molar refractivity (Wildman–Crippen MR) is 159 cm³/mol. The molecule has 7 nitrogen and oxygen atoms in total. The topological polar surface area (TPSA) is 102 Å². The SMILES string of the molecule is CC(C)(C)OC1CCC(C(C)(C)C2CCC(OCC(O)COC(=O)c3ccc(C(=O)O)c4ccccc34)CC2)CC1. The number of fused-ring (bicyclic) bond motifs is 1. The van der Waals surface area contributed by atoms with Crippen molar-refractivity contribution in [3.05, 3.63) is 47.5 Å². The molecule has 2 aliphatic carbocycles. The Morgan fingerprint density at radius 1 is 0.780 bits per heavy atom. The lowest BCUT2D eigenvalue weighted by atomic mass is 9.60. The van der Waals surface area contributed by atoms with Crippen molar-refractivity contribution in [2.75, 3.05) is 13.2 Å². The number of esters is 1. The number of carboxylic acid groups (broad SMARTS) is 1. The molecular formula is C34H48O7. The monoisotopic (exact) mass is 568 g/mol. The van der Waals surface area contributed by atoms with Gasteiger partial charge in [0.05, 0.1) is 35.5 Å². The fourth-order valence-electron chi connectivity index (χ4n) is 6.94. The van der Waals surface area contributed by atoms with E-state index >= 15 is 0 Å². The molecule has 0 heterocycles. The molecule has 1 atom stereocenters. The molecule has 226 valence electrons. The molecule has 0 aromatic heterocycles. The van der Waals surface area contributed by atoms with Crippen LogP contribution in [-0.4, -0.2) is 59.3 Å². The Morgan fingerprint density at radius 2 is 1.29 bits per heavy atom. The lowest BCUT2D eigenvalue weighted by molar-refractivity contribution is -0.0917. The van der Waals surface area contributed by atoms with E-state index in [2.05, 4.69) is 34.6 Å². The van der Waals surface area contributed by atoms with E-state index in [1.54, 1.807) is 24.3 Å². The Hall–Kier alpha value is -2.48. The standard InChI is InChI=1S/C34H48O7/c1-33(2,3)41-26-16-12-23(13-17-26)34(4,5)22-10-14-25(15-11-22)39-20-24(35)21-40-32(38)30-19-18-29(31(36)37)27-8-6-7-9-28(27)30/h6-9,18-19,22-26,35H,10-17,20-21H2,1-5H3,(H,36,37). The molecule has 7 heteroatoms. The van der Waals surface area contributed by atoms with Gasteiger partial charge in [-0.25, -0.2) is 9.59 Å². The Kier molecular flexibility index (Phi) is 10.1. The lowest BCUT2D eigenvalue weighted by Crippen LogP contribution is -2.40. The van der Waals surface area contributed by atoms with E-state index in [-0.39, 0.29) is 41.5 Å². The summed E-state index contributed by atoms with van der Waals surface area (Å²) in [6.45, 7) is 11.2. The highest BCUT2D eigenvalue weighted by atomic mass is 16.5. The highest BCUT2D eigenvalue weighted by Crippen LogP contribution is 2.49. The molecule has 4 rings (SSSR count). The largest absolute Gasteiger partial charge is 0.478 e. The lowest BCUT2D eigenvalue weighted by Gasteiger charge is -2.47. The average molecular weight is 569 g/mol. The number of hydrogen-bond donors (Lipinski definition) is 2. The number of hydrogen-bond acceptors (Lipinski definition) is 6. The van der Waals surface area contributed by atoms with Gasteiger partial charge in [-0.15, -0.1) is 0 Å². The van der Waals surface area contributed by atoms with E-state index in [4.69, 9.17) is 14.2 Å². The van der Waals surface area contributed by atoms with Gasteiger partial charge in [0, 0.05) is 0 Å². The molecule has 2 aromatic rings. The van der Waals surface area contributed by atoms with Gasteiger partial charge < -0.3 is 24.4 Å². The van der Waals surface area contributed by atoms with Crippen molar-refractivity contribution in [2.45, 2.75) is 110 Å². The van der Waals surface area contributed by atoms with Crippen molar-refractivity contribution < 1.29 is 34.0 Å². The van der Waals surface area contributed by atoms with Gasteiger partial charge in [-0.05, 0) is 112 Å². The highest BCUT2D eigenvalue weighted by Gasteiger charge is 2.41. The maximum Gasteiger partial charge on any atom is 0.338 e. The molecule has 2 fully saturated rings. The van der Waals surface area contributed by atoms with Gasteiger partial charge in [-0.1, -0.05) is 38.1 Å². The third-order valence-electron chi connectivity index (χ3n) is 9.28. The van der Waals surface area contributed by atoms with Crippen LogP contribution in [-0.2, 0) is 14.2 Å². The maximum absolute atomic E-state index is 12.8. The van der Waals surface area contributed by atoms with Crippen LogP contribution in [0.15, 0.2) is 36.4 Å². The minimum atomic E-state index is -1.06. The number of aliphatic hydroxyl groups excluding tert-OH is 1. The highest BCUT2D eigenvalue weighted by molar-refractivity contribution is 6.11. The van der Waals surface area contributed by atoms with E-state index in [0.717, 1.165) is 44.4 Å². The third-order valence-corrected chi connectivity index (χ3v) is 9.28. The quantitative estimate of drug-likeness (QED) is 0.297. The zero-order valence-corrected chi connectivity index (χ0v) is 25.4. The number of carboxylic acids is 1. The van der Waals surface area contributed by atoms with Crippen LogP contribution in [0.25, 0.3) is 10.8 Å². The first-order chi connectivity index (χ1) is 19.3. The van der Waals surface area contributed by atoms with Crippen molar-refractivity contribution in [1.82, 2.24) is 0 Å². The first kappa shape index (κ1) is 31.5. The van der Waals surface area contributed by atoms with Gasteiger partial charge in [0.25, 0.3) is 0 Å². The number of aliphatic hydroxyl groups is 1. The van der Waals surface area contributed by atoms with Crippen LogP contribution in [0.2, 0.25) is 0 Å². The van der Waals surface area contributed by atoms with Gasteiger partial charge in [0.15, 0.2) is 0 Å². The number of benzene rings is 2. The van der Waals surface area contributed by atoms with Crippen LogP contribution in [0.4, 0.5) is 0 Å². The van der Waals surface area contributed by atoms with E-state index in [0.29, 0.717) is 22.8 Å². The summed E-state index contributed by atoms with van der Waals surface area (Å²) in [5.41, 5.74) is 0.612. The summed E-state index contributed by atoms with van der Waals surface area (Å²) in [4.78, 5) is 24.3. The average Bonchev–Trinajstić information content (AvgIpc) is 2.93. The first-order valence-corrected chi connectivity index (χ1v) is 15.2. The second-order valence-corrected chi connectivity index (χ2v) is 13.6. The molecule has 0 saturated heterocycles. The minimum Gasteiger partial charge on any atom is -0.478 e. The van der Waals surface area contributed by atoms with Gasteiger partial charge in [-0.3, -0.25) is 0 Å². The van der Waals surface area contributed by atoms with E-state index in [9.17, 15) is 19.8 Å². The van der Waals surface area contributed by atoms with Gasteiger partial charge >= 0.3 is 11.9 Å². The van der Waals surface area contributed by atoms with Gasteiger partial charge in [-0.2, -0.15) is 0 Å². The van der Waals surface area contributed by atoms with Crippen molar-refractivity contribution in [2.24, 2.45) is 17.3 Å². The molecule has 0 amide bonds. The second kappa shape index (κ2) is 13.2. The zero-order chi connectivity index (χ0) is 29.8. The van der Waals surface area contributed by atoms with E-state index in [1.807, 2.05) is 0 Å². The number of ether oxygens (including phenoxy) is 3. The fraction of sp³-hybridized carbons (Fsp3) is 0.647. The maximum atomic E-state index is 12.8. The first-order valence-electron chi connectivity index (χ1n) is 15.2. The molecule has 0 aliphatic heterocycles. The number of rotatable bonds is 10. The molecule has 0 bridgehead atoms. The third kappa shape index (κ3) is 8.08. The van der Waals surface area contributed by atoms with E-state index in [1.165, 1.54) is 25.0 Å². The Balaban J connectivity index is 1.20. The summed E-state index contributed by atoms with van der Waals surface area (Å²) in [7, 11) is 0. The zero-order valence-electron chi connectivity index (χ0n) is 25.4. The summed E-state index contributed by atoms with van der Waals surface area (Å²) >= 11 is 0. The Bertz CT molecular complexity index is 1180. The summed E-state index contributed by atoms with van der Waals surface area (Å²) in [6, 6.07) is 9.71. The summed E-state index contributed by atoms with van der Waals surface area (Å²) in [5.74, 6) is -0.265. The van der Waals surface area contributed by atoms with Crippen molar-refractivity contribution in [3.63, 3.8) is 0 Å². The van der Waals surface area contributed by atoms with Crippen LogP contribution >= 0.6 is 0 Å². The summed E-state index contributed by atoms with van der Waals surface area (Å²) in [5, 5.41) is 20.9. The molecule has 41 heavy (non-hydrogen) atoms. The minimum absolute atomic E-state index is 0.0781. The van der Waals surface area contributed by atoms with Crippen molar-refractivity contribution in [1.29, 1.82) is 0 Å². The van der Waals surface area contributed by atoms with Crippen LogP contribution in [0, 0.1) is 17.3 Å². The van der Waals surface area contributed by atoms with Crippen LogP contribution in [0.3, 0.4) is 0 Å². The smallest absolute Gasteiger partial charge is 0.338 e. The van der Waals surface area contributed by atoms with Gasteiger partial charge in [0.1, 0.15) is 12.7 Å². The predicted octanol–water partition coefficient (Wildman–Crippen LogP) is 7.03. The second-order valence-electron chi connectivity index (χ2n) is 13.6. The van der Waals surface area contributed by atoms with Gasteiger partial charge in [0.2, 0.25) is 0 Å². The van der Waals surface area contributed by atoms with Crippen LogP contribution in [0.1, 0.15) is 107 Å². The number of carbonyl (C=O) groups is 2. The Morgan fingerprint density at radius 3 is 1.83 bits per heavy atom. The van der Waals surface area contributed by atoms with Crippen molar-refractivity contribution in [3.8, 4) is 0 Å². The molecule has 1 unspecified atom stereocenters. The van der Waals surface area contributed by atoms with Crippen LogP contribution < -0.4 is 0 Å². The molecule has 2 aliphatic rings. The molecule has 2 aromatic carbocycles. The fourth-order valence-corrected chi connectivity index (χ4v) is 6.94. The van der Waals surface area contributed by atoms with Crippen LogP contribution in [0.5, 0.6) is 0 Å². The molecular weight excluding hydrogens is 520 g/mol. The number of aromatic carboxylic acids is 1. The van der Waals surface area contributed by atoms with E-state index < -0.39 is 18.0 Å². The molecule has 2 N–H and O–H groups in total. The molecule has 0 spiro atoms. The molecule has 0 radical (unpaired) electrons. The summed E-state index contributed by atoms with van der Waals surface area (Å²) in [6.07, 6.45) is 8.53. The normalized spacial score (nSPS) is 24.6. The molecule has 2 saturated carbocycles. The Labute approximate surface area is 244 Å². The number of carbonyl (C=O) groups excluding carboxylic acids is 1.